The first kappa shape index (κ1) is 17.0. The number of carboxylic acid groups (broad SMARTS) is 1. The van der Waals surface area contributed by atoms with Crippen LogP contribution in [0.1, 0.15) is 38.4 Å². The van der Waals surface area contributed by atoms with Gasteiger partial charge in [-0.05, 0) is 46.1 Å². The second-order valence-electron chi connectivity index (χ2n) is 6.01. The molecule has 1 aromatic rings. The fourth-order valence-corrected chi connectivity index (χ4v) is 1.95. The van der Waals surface area contributed by atoms with E-state index < -0.39 is 11.5 Å². The van der Waals surface area contributed by atoms with Gasteiger partial charge in [0.25, 0.3) is 0 Å². The molecule has 0 spiro atoms. The summed E-state index contributed by atoms with van der Waals surface area (Å²) >= 11 is 0. The second-order valence-corrected chi connectivity index (χ2v) is 6.01. The van der Waals surface area contributed by atoms with Gasteiger partial charge in [0, 0.05) is 17.8 Å². The van der Waals surface area contributed by atoms with E-state index in [1.54, 1.807) is 6.20 Å². The summed E-state index contributed by atoms with van der Waals surface area (Å²) < 4.78 is 0. The number of H-pyrrole nitrogens is 1. The van der Waals surface area contributed by atoms with Gasteiger partial charge in [-0.2, -0.15) is 5.10 Å². The number of carbonyl (C=O) groups excluding carboxylic acids is 1. The molecule has 0 aliphatic heterocycles. The molecular formula is C14H24N4O3. The van der Waals surface area contributed by atoms with Gasteiger partial charge in [-0.1, -0.05) is 0 Å². The van der Waals surface area contributed by atoms with Crippen LogP contribution >= 0.6 is 0 Å². The Labute approximate surface area is 124 Å². The average molecular weight is 296 g/mol. The van der Waals surface area contributed by atoms with E-state index in [9.17, 15) is 9.59 Å². The summed E-state index contributed by atoms with van der Waals surface area (Å²) in [6.45, 7) is 7.57. The van der Waals surface area contributed by atoms with Crippen molar-refractivity contribution in [3.63, 3.8) is 0 Å². The molecule has 7 nitrogen and oxygen atoms in total. The van der Waals surface area contributed by atoms with Gasteiger partial charge in [-0.15, -0.1) is 0 Å². The minimum atomic E-state index is -1.02. The Bertz CT molecular complexity index is 491. The van der Waals surface area contributed by atoms with Crippen molar-refractivity contribution in [1.29, 1.82) is 0 Å². The molecule has 0 unspecified atom stereocenters. The molecule has 0 saturated heterocycles. The molecule has 0 bridgehead atoms. The third kappa shape index (κ3) is 5.45. The number of carboxylic acids is 1. The first-order valence-electron chi connectivity index (χ1n) is 6.98. The van der Waals surface area contributed by atoms with E-state index in [-0.39, 0.29) is 12.6 Å². The predicted molar refractivity (Wildman–Crippen MR) is 79.1 cm³/mol. The molecule has 2 amide bonds. The van der Waals surface area contributed by atoms with Crippen molar-refractivity contribution in [3.05, 3.63) is 17.5 Å². The number of aryl methyl sites for hydroxylation is 2. The molecule has 1 rings (SSSR count). The Hall–Kier alpha value is -2.05. The lowest BCUT2D eigenvalue weighted by Crippen LogP contribution is -2.52. The molecule has 0 aliphatic rings. The zero-order valence-electron chi connectivity index (χ0n) is 13.1. The number of aromatic nitrogens is 2. The number of hydrogen-bond donors (Lipinski definition) is 3. The summed E-state index contributed by atoms with van der Waals surface area (Å²) in [5, 5.41) is 18.5. The van der Waals surface area contributed by atoms with Gasteiger partial charge >= 0.3 is 12.0 Å². The lowest BCUT2D eigenvalue weighted by Gasteiger charge is -2.34. The van der Waals surface area contributed by atoms with Crippen LogP contribution in [0, 0.1) is 6.92 Å². The highest BCUT2D eigenvalue weighted by Gasteiger charge is 2.28. The van der Waals surface area contributed by atoms with Gasteiger partial charge in [0.15, 0.2) is 0 Å². The van der Waals surface area contributed by atoms with Crippen LogP contribution in [0.5, 0.6) is 0 Å². The normalized spacial score (nSPS) is 11.2. The molecular weight excluding hydrogens is 272 g/mol. The Morgan fingerprint density at radius 3 is 2.57 bits per heavy atom. The molecule has 0 saturated carbocycles. The molecule has 3 N–H and O–H groups in total. The topological polar surface area (TPSA) is 98.3 Å². The summed E-state index contributed by atoms with van der Waals surface area (Å²) in [6, 6.07) is -0.353. The zero-order chi connectivity index (χ0) is 16.0. The lowest BCUT2D eigenvalue weighted by atomic mass is 10.1. The molecule has 1 heterocycles. The largest absolute Gasteiger partial charge is 0.480 e. The zero-order valence-corrected chi connectivity index (χ0v) is 13.1. The maximum Gasteiger partial charge on any atom is 0.323 e. The number of amides is 2. The summed E-state index contributed by atoms with van der Waals surface area (Å²) in [4.78, 5) is 24.3. The SMILES string of the molecule is Cc1[nH]ncc1CCCNC(=O)N(CC(=O)O)C(C)(C)C. The molecule has 1 aromatic heterocycles. The van der Waals surface area contributed by atoms with Crippen molar-refractivity contribution >= 4 is 12.0 Å². The Morgan fingerprint density at radius 1 is 1.43 bits per heavy atom. The van der Waals surface area contributed by atoms with Crippen LogP contribution in [-0.4, -0.2) is 50.8 Å². The van der Waals surface area contributed by atoms with Crippen molar-refractivity contribution in [1.82, 2.24) is 20.4 Å². The summed E-state index contributed by atoms with van der Waals surface area (Å²) in [5.74, 6) is -1.02. The summed E-state index contributed by atoms with van der Waals surface area (Å²) in [6.07, 6.45) is 3.37. The third-order valence-electron chi connectivity index (χ3n) is 3.18. The number of rotatable bonds is 6. The standard InChI is InChI=1S/C14H24N4O3/c1-10-11(8-16-17-10)6-5-7-15-13(21)18(9-12(19)20)14(2,3)4/h8H,5-7,9H2,1-4H3,(H,15,21)(H,16,17)(H,19,20). The quantitative estimate of drug-likeness (QED) is 0.693. The van der Waals surface area contributed by atoms with Crippen LogP contribution in [0.3, 0.4) is 0 Å². The second kappa shape index (κ2) is 7.10. The minimum Gasteiger partial charge on any atom is -0.480 e. The number of hydrogen-bond acceptors (Lipinski definition) is 3. The number of carbonyl (C=O) groups is 2. The van der Waals surface area contributed by atoms with Gasteiger partial charge in [0.1, 0.15) is 6.54 Å². The highest BCUT2D eigenvalue weighted by atomic mass is 16.4. The monoisotopic (exact) mass is 296 g/mol. The average Bonchev–Trinajstić information content (AvgIpc) is 2.75. The number of aliphatic carboxylic acids is 1. The Morgan fingerprint density at radius 2 is 2.10 bits per heavy atom. The number of nitrogens with one attached hydrogen (secondary N) is 2. The van der Waals surface area contributed by atoms with E-state index in [1.807, 2.05) is 27.7 Å². The van der Waals surface area contributed by atoms with Gasteiger partial charge in [0.05, 0.1) is 6.20 Å². The molecule has 0 atom stereocenters. The van der Waals surface area contributed by atoms with E-state index in [2.05, 4.69) is 15.5 Å². The minimum absolute atomic E-state index is 0.309. The van der Waals surface area contributed by atoms with Gasteiger partial charge in [-0.3, -0.25) is 9.89 Å². The molecule has 0 radical (unpaired) electrons. The predicted octanol–water partition coefficient (Wildman–Crippen LogP) is 1.55. The van der Waals surface area contributed by atoms with Crippen LogP contribution in [0.2, 0.25) is 0 Å². The van der Waals surface area contributed by atoms with Crippen molar-refractivity contribution in [2.24, 2.45) is 0 Å². The maximum atomic E-state index is 12.1. The number of nitrogens with zero attached hydrogens (tertiary/aromatic N) is 2. The fraction of sp³-hybridized carbons (Fsp3) is 0.643. The smallest absolute Gasteiger partial charge is 0.323 e. The van der Waals surface area contributed by atoms with Crippen molar-refractivity contribution in [3.8, 4) is 0 Å². The molecule has 0 aliphatic carbocycles. The number of urea groups is 1. The van der Waals surface area contributed by atoms with Gasteiger partial charge in [-0.25, -0.2) is 4.79 Å². The lowest BCUT2D eigenvalue weighted by molar-refractivity contribution is -0.138. The van der Waals surface area contributed by atoms with Crippen molar-refractivity contribution in [2.45, 2.75) is 46.1 Å². The van der Waals surface area contributed by atoms with E-state index in [0.29, 0.717) is 6.54 Å². The highest BCUT2D eigenvalue weighted by molar-refractivity contribution is 5.80. The first-order valence-corrected chi connectivity index (χ1v) is 6.98. The fourth-order valence-electron chi connectivity index (χ4n) is 1.95. The molecule has 118 valence electrons. The highest BCUT2D eigenvalue weighted by Crippen LogP contribution is 2.13. The third-order valence-corrected chi connectivity index (χ3v) is 3.18. The van der Waals surface area contributed by atoms with Crippen LogP contribution in [-0.2, 0) is 11.2 Å². The van der Waals surface area contributed by atoms with Crippen LogP contribution in [0.25, 0.3) is 0 Å². The van der Waals surface area contributed by atoms with Crippen LogP contribution in [0.4, 0.5) is 4.79 Å². The molecule has 0 aromatic carbocycles. The van der Waals surface area contributed by atoms with Gasteiger partial charge < -0.3 is 15.3 Å². The molecule has 21 heavy (non-hydrogen) atoms. The van der Waals surface area contributed by atoms with Gasteiger partial charge in [0.2, 0.25) is 0 Å². The summed E-state index contributed by atoms with van der Waals surface area (Å²) in [7, 11) is 0. The number of aromatic amines is 1. The Kier molecular flexibility index (Phi) is 5.75. The van der Waals surface area contributed by atoms with Crippen LogP contribution in [0.15, 0.2) is 6.20 Å². The van der Waals surface area contributed by atoms with Crippen LogP contribution < -0.4 is 5.32 Å². The van der Waals surface area contributed by atoms with Crippen molar-refractivity contribution < 1.29 is 14.7 Å². The maximum absolute atomic E-state index is 12.1. The Balaban J connectivity index is 2.43. The van der Waals surface area contributed by atoms with E-state index >= 15 is 0 Å². The first-order chi connectivity index (χ1) is 9.71. The molecule has 0 fully saturated rings. The van der Waals surface area contributed by atoms with E-state index in [1.165, 1.54) is 4.90 Å². The van der Waals surface area contributed by atoms with E-state index in [0.717, 1.165) is 24.1 Å². The summed E-state index contributed by atoms with van der Waals surface area (Å²) in [5.41, 5.74) is 1.62. The van der Waals surface area contributed by atoms with E-state index in [4.69, 9.17) is 5.11 Å². The van der Waals surface area contributed by atoms with Crippen molar-refractivity contribution in [2.75, 3.05) is 13.1 Å². The molecule has 7 heteroatoms.